The Morgan fingerprint density at radius 3 is 1.11 bits per heavy atom. The van der Waals surface area contributed by atoms with Crippen LogP contribution >= 0.6 is 0 Å². The maximum atomic E-state index is 12.5. The van der Waals surface area contributed by atoms with Crippen LogP contribution < -0.4 is 21.3 Å². The van der Waals surface area contributed by atoms with Crippen LogP contribution in [0.4, 0.5) is 4.79 Å². The number of rotatable bonds is 32. The Balaban J connectivity index is -0.00000160. The minimum atomic E-state index is -1.10. The molecule has 5 amide bonds. The quantitative estimate of drug-likeness (QED) is 0.0101. The van der Waals surface area contributed by atoms with E-state index in [0.29, 0.717) is 114 Å². The van der Waals surface area contributed by atoms with E-state index in [1.54, 1.807) is 67.1 Å². The average molecular weight is 1740 g/mol. The van der Waals surface area contributed by atoms with Crippen LogP contribution in [0.25, 0.3) is 14.5 Å². The molecule has 0 aromatic carbocycles. The number of likely N-dealkylation sites (tertiary alicyclic amines) is 2. The van der Waals surface area contributed by atoms with Crippen molar-refractivity contribution in [3.63, 3.8) is 0 Å². The van der Waals surface area contributed by atoms with Gasteiger partial charge in [0.1, 0.15) is 72.8 Å². The molecule has 3 aliphatic rings. The number of ether oxygens (including phenoxy) is 3. The third-order valence-corrected chi connectivity index (χ3v) is 15.2. The van der Waals surface area contributed by atoms with E-state index in [9.17, 15) is 47.9 Å². The Morgan fingerprint density at radius 2 is 0.830 bits per heavy atom. The summed E-state index contributed by atoms with van der Waals surface area (Å²) in [6.45, 7) is 54.0. The number of carbonyl (C=O) groups is 10. The molecule has 39 heteroatoms. The molecule has 7 heterocycles. The fourth-order valence-corrected chi connectivity index (χ4v) is 10.6. The number of alkyl carbamates (subject to hydrolysis) is 1. The van der Waals surface area contributed by atoms with Crippen LogP contribution in [-0.4, -0.2) is 220 Å². The third kappa shape index (κ3) is 45.0. The standard InChI is InChI=1S/C32H48N8O6.C24H32N8O6.C7H13NO4.C5H8N2.3CO.2CH4.Re/c1-31(2,3)45-29(43)22-38-17-13-34-25(38)20-37(21-26-35-14-18-39(26)23-30(44)46-32(4,5)6)15-9-8-12-27(41)36-19-28(42)40-16-10-11-24(40)33-7;1-25-18-5-4-10-32(18)22(34)13-28-21(33)6-2-3-9-29(14-19-26-7-11-30(19)16-23(35)36)15-20-27-8-12-31(20)17-24(37)38;1-7(2,3)12-6(11)8-4-5(9)10;1-6-5-3-2-4-7-5;3*1-2;;;/h13-14,17-18,24H,8-12,15-16,19-23H2,1-6H3,(H,36,41);7-8,11-12,18H,2-6,9-10,13-17H2,(H,28,33)(H,35,36)(H,37,38);4H2,1-3H3,(H,8,11)(H,9,10);5,7H,2-4H2;;;;2*1H4;/t24-;18-;;5-;;;;;;/m00.0....../s1. The van der Waals surface area contributed by atoms with Gasteiger partial charge in [-0.15, -0.1) is 0 Å². The molecular formula is C73H109N19O19Re. The van der Waals surface area contributed by atoms with Gasteiger partial charge < -0.3 is 63.7 Å². The van der Waals surface area contributed by atoms with Gasteiger partial charge in [0, 0.05) is 122 Å². The van der Waals surface area contributed by atoms with Gasteiger partial charge in [0.05, 0.1) is 39.3 Å². The second-order valence-electron chi connectivity index (χ2n) is 27.4. The van der Waals surface area contributed by atoms with E-state index in [1.165, 1.54) is 37.7 Å². The van der Waals surface area contributed by atoms with E-state index >= 15 is 0 Å². The van der Waals surface area contributed by atoms with E-state index in [2.05, 4.69) is 80.6 Å². The molecule has 3 aliphatic heterocycles. The van der Waals surface area contributed by atoms with Gasteiger partial charge in [-0.3, -0.25) is 77.3 Å². The molecule has 7 N–H and O–H groups in total. The topological polar surface area (TPSA) is 464 Å². The molecule has 3 fully saturated rings. The van der Waals surface area contributed by atoms with Crippen molar-refractivity contribution in [2.24, 2.45) is 0 Å². The van der Waals surface area contributed by atoms with Gasteiger partial charge in [0.15, 0.2) is 0 Å². The zero-order chi connectivity index (χ0) is 82.3. The Kier molecular flexibility index (Phi) is 53.6. The maximum absolute atomic E-state index is 12.5. The molecule has 0 unspecified atom stereocenters. The molecule has 0 bridgehead atoms. The van der Waals surface area contributed by atoms with Gasteiger partial charge in [0.2, 0.25) is 23.6 Å². The number of carboxylic acid groups (broad SMARTS) is 3. The number of hydrogen-bond donors (Lipinski definition) is 7. The zero-order valence-electron chi connectivity index (χ0n) is 63.6. The predicted octanol–water partition coefficient (Wildman–Crippen LogP) is 5.69. The van der Waals surface area contributed by atoms with E-state index in [1.807, 2.05) is 46.4 Å². The first kappa shape index (κ1) is 106. The Hall–Kier alpha value is -10.4. The van der Waals surface area contributed by atoms with Crippen LogP contribution in [0.15, 0.2) is 49.6 Å². The summed E-state index contributed by atoms with van der Waals surface area (Å²) < 4.78 is 44.8. The third-order valence-electron chi connectivity index (χ3n) is 15.2. The number of unbranched alkanes of at least 4 members (excludes halogenated alkanes) is 2. The summed E-state index contributed by atoms with van der Waals surface area (Å²) in [6.07, 6.45) is 19.5. The van der Waals surface area contributed by atoms with E-state index in [-0.39, 0.29) is 129 Å². The van der Waals surface area contributed by atoms with Crippen molar-refractivity contribution in [3.8, 4) is 0 Å². The number of nitrogens with zero attached hydrogens (tertiary/aromatic N) is 15. The fraction of sp³-hybridized carbons (Fsp3) is 0.616. The normalized spacial score (nSPS) is 14.3. The van der Waals surface area contributed by atoms with Crippen LogP contribution in [0.2, 0.25) is 0 Å². The Morgan fingerprint density at radius 1 is 0.491 bits per heavy atom. The molecule has 3 atom stereocenters. The van der Waals surface area contributed by atoms with E-state index in [4.69, 9.17) is 63.2 Å². The first-order valence-electron chi connectivity index (χ1n) is 34.7. The van der Waals surface area contributed by atoms with Crippen LogP contribution in [-0.2, 0) is 144 Å². The van der Waals surface area contributed by atoms with Crippen molar-refractivity contribution in [3.05, 3.63) is 127 Å². The van der Waals surface area contributed by atoms with Gasteiger partial charge in [-0.05, 0) is 120 Å². The first-order valence-corrected chi connectivity index (χ1v) is 34.7. The van der Waals surface area contributed by atoms with Crippen LogP contribution in [0.1, 0.15) is 178 Å². The number of esters is 2. The number of nitrogens with one attached hydrogen (secondary N) is 4. The SMILES string of the molecule is C.C.CC(C)(C)OC(=O)NCC(=O)O.[C-]#[N+][C@@H]1CCCN1.[C-]#[N+][C@@H]1CCCN1C(=O)CNC(=O)CCCCN(Cc1nccn1CC(=O)O)Cc1nccn1CC(=O)O.[C-]#[N+][C@@H]1CCCN1C(=O)CNC(=O)CCCCN(Cc1nccn1CC(=O)OC(C)(C)C)Cc1nccn1CC(=O)OC(C)(C)C.[C-]#[O+].[C-]#[O+].[C-]#[O+].[Re]. The molecule has 3 saturated heterocycles. The predicted molar refractivity (Wildman–Crippen MR) is 395 cm³/mol. The molecule has 38 nitrogen and oxygen atoms in total. The molecular weight excluding hydrogens is 1630 g/mol. The number of carbonyl (C=O) groups excluding carboxylic acids is 7. The first-order chi connectivity index (χ1) is 51.6. The van der Waals surface area contributed by atoms with Gasteiger partial charge in [0.25, 0.3) is 6.17 Å². The van der Waals surface area contributed by atoms with Crippen molar-refractivity contribution in [2.75, 3.05) is 52.4 Å². The molecule has 1 radical (unpaired) electrons. The molecule has 617 valence electrons. The molecule has 0 saturated carbocycles. The number of hydrogen-bond acceptors (Lipinski definition) is 20. The van der Waals surface area contributed by atoms with Crippen LogP contribution in [0.5, 0.6) is 0 Å². The van der Waals surface area contributed by atoms with Crippen molar-refractivity contribution < 1.29 is 112 Å². The number of carboxylic acids is 3. The monoisotopic (exact) mass is 1740 g/mol. The van der Waals surface area contributed by atoms with Crippen molar-refractivity contribution >= 4 is 59.6 Å². The second-order valence-corrected chi connectivity index (χ2v) is 27.4. The molecule has 0 aliphatic carbocycles. The minimum absolute atomic E-state index is 0. The smallest absolute Gasteiger partial charge is 0 e. The average Bonchev–Trinajstić information content (AvgIpc) is 1.71. The summed E-state index contributed by atoms with van der Waals surface area (Å²) in [7, 11) is 0. The van der Waals surface area contributed by atoms with Gasteiger partial charge in [-0.2, -0.15) is 0 Å². The fourth-order valence-electron chi connectivity index (χ4n) is 10.6. The van der Waals surface area contributed by atoms with Crippen LogP contribution in [0.3, 0.4) is 0 Å². The number of aliphatic carboxylic acids is 3. The summed E-state index contributed by atoms with van der Waals surface area (Å²) in [6, 6.07) is 0. The summed E-state index contributed by atoms with van der Waals surface area (Å²) in [5, 5.41) is 37.0. The van der Waals surface area contributed by atoms with Gasteiger partial charge in [-0.1, -0.05) is 14.9 Å². The second kappa shape index (κ2) is 56.7. The van der Waals surface area contributed by atoms with E-state index in [0.717, 1.165) is 25.8 Å². The van der Waals surface area contributed by atoms with Gasteiger partial charge >= 0.3 is 82.2 Å². The molecule has 112 heavy (non-hydrogen) atoms. The summed E-state index contributed by atoms with van der Waals surface area (Å²) in [5.41, 5.74) is -1.81. The minimum Gasteiger partial charge on any atom is 0 e. The summed E-state index contributed by atoms with van der Waals surface area (Å²) in [4.78, 5) is 153. The molecule has 4 aromatic heterocycles. The zero-order valence-corrected chi connectivity index (χ0v) is 66.3. The largest absolute Gasteiger partial charge is 0 e. The Bertz CT molecular complexity index is 3580. The maximum Gasteiger partial charge on any atom is 0 e. The summed E-state index contributed by atoms with van der Waals surface area (Å²) >= 11 is 0. The van der Waals surface area contributed by atoms with Crippen LogP contribution in [0, 0.1) is 39.7 Å². The van der Waals surface area contributed by atoms with Gasteiger partial charge in [-0.25, -0.2) is 49.8 Å². The van der Waals surface area contributed by atoms with Crippen molar-refractivity contribution in [2.45, 2.75) is 242 Å². The number of imidazole rings is 4. The van der Waals surface area contributed by atoms with Crippen molar-refractivity contribution in [1.29, 1.82) is 0 Å². The van der Waals surface area contributed by atoms with Crippen molar-refractivity contribution in [1.82, 2.24) is 79.1 Å². The molecule has 4 aromatic rings. The Labute approximate surface area is 668 Å². The van der Waals surface area contributed by atoms with E-state index < -0.39 is 59.7 Å². The molecule has 7 rings (SSSR count). The number of aromatic nitrogens is 8. The molecule has 0 spiro atoms. The summed E-state index contributed by atoms with van der Waals surface area (Å²) in [5.74, 6) is -2.39. The number of amides is 5.